The highest BCUT2D eigenvalue weighted by Crippen LogP contribution is 1.96. The molecule has 0 radical (unpaired) electrons. The zero-order valence-corrected chi connectivity index (χ0v) is 8.39. The van der Waals surface area contributed by atoms with Crippen LogP contribution in [-0.4, -0.2) is 0 Å². The summed E-state index contributed by atoms with van der Waals surface area (Å²) in [6, 6.07) is 2.01. The van der Waals surface area contributed by atoms with Crippen molar-refractivity contribution in [2.75, 3.05) is 0 Å². The van der Waals surface area contributed by atoms with Gasteiger partial charge in [0.05, 0.1) is 11.6 Å². The second-order valence-corrected chi connectivity index (χ2v) is 2.18. The van der Waals surface area contributed by atoms with E-state index in [4.69, 9.17) is 5.26 Å². The minimum Gasteiger partial charge on any atom is -0.192 e. The van der Waals surface area contributed by atoms with Gasteiger partial charge in [-0.2, -0.15) is 5.26 Å². The molecule has 0 aromatic rings. The van der Waals surface area contributed by atoms with Crippen molar-refractivity contribution in [2.45, 2.75) is 27.7 Å². The van der Waals surface area contributed by atoms with Gasteiger partial charge in [0.25, 0.3) is 0 Å². The van der Waals surface area contributed by atoms with Crippen molar-refractivity contribution in [1.82, 2.24) is 0 Å². The summed E-state index contributed by atoms with van der Waals surface area (Å²) in [5.41, 5.74) is 1.77. The van der Waals surface area contributed by atoms with E-state index in [0.29, 0.717) is 5.57 Å². The van der Waals surface area contributed by atoms with Gasteiger partial charge < -0.3 is 0 Å². The summed E-state index contributed by atoms with van der Waals surface area (Å²) in [6.45, 7) is 11.5. The van der Waals surface area contributed by atoms with Gasteiger partial charge in [0.15, 0.2) is 0 Å². The van der Waals surface area contributed by atoms with Crippen molar-refractivity contribution in [1.29, 1.82) is 5.26 Å². The van der Waals surface area contributed by atoms with Crippen LogP contribution in [0.1, 0.15) is 27.7 Å². The van der Waals surface area contributed by atoms with Gasteiger partial charge in [-0.15, -0.1) is 0 Å². The standard InChI is InChI=1S/C9H11N.C2H6/c1-4-9(7-10)6-5-8(2)3;1-2/h4-6H,1H2,2-3H3;1-2H3/b9-6+;. The number of nitrogens with zero attached hydrogens (tertiary/aromatic N) is 1. The number of hydrogen-bond donors (Lipinski definition) is 0. The molecule has 0 saturated heterocycles. The SMILES string of the molecule is C=C/C(C#N)=C\C=C(C)C.CC. The summed E-state index contributed by atoms with van der Waals surface area (Å²) in [7, 11) is 0. The molecule has 0 aliphatic heterocycles. The van der Waals surface area contributed by atoms with E-state index in [-0.39, 0.29) is 0 Å². The van der Waals surface area contributed by atoms with Gasteiger partial charge in [-0.25, -0.2) is 0 Å². The van der Waals surface area contributed by atoms with Crippen LogP contribution in [0.15, 0.2) is 36.0 Å². The predicted molar refractivity (Wildman–Crippen MR) is 54.7 cm³/mol. The largest absolute Gasteiger partial charge is 0.192 e. The molecule has 0 fully saturated rings. The smallest absolute Gasteiger partial charge is 0.0991 e. The predicted octanol–water partition coefficient (Wildman–Crippen LogP) is 3.61. The average molecular weight is 163 g/mol. The lowest BCUT2D eigenvalue weighted by Gasteiger charge is -1.83. The Bertz CT molecular complexity index is 210. The Morgan fingerprint density at radius 1 is 1.25 bits per heavy atom. The van der Waals surface area contributed by atoms with Crippen LogP contribution in [0.5, 0.6) is 0 Å². The van der Waals surface area contributed by atoms with Crippen molar-refractivity contribution in [3.05, 3.63) is 36.0 Å². The van der Waals surface area contributed by atoms with E-state index in [0.717, 1.165) is 0 Å². The molecular formula is C11H17N. The first-order chi connectivity index (χ1) is 5.70. The van der Waals surface area contributed by atoms with Crippen LogP contribution < -0.4 is 0 Å². The van der Waals surface area contributed by atoms with Crippen LogP contribution >= 0.6 is 0 Å². The summed E-state index contributed by atoms with van der Waals surface area (Å²) in [5.74, 6) is 0. The van der Waals surface area contributed by atoms with E-state index >= 15 is 0 Å². The van der Waals surface area contributed by atoms with E-state index in [1.807, 2.05) is 39.8 Å². The van der Waals surface area contributed by atoms with E-state index in [9.17, 15) is 0 Å². The Morgan fingerprint density at radius 2 is 1.75 bits per heavy atom. The molecule has 0 aromatic heterocycles. The molecule has 0 saturated carbocycles. The van der Waals surface area contributed by atoms with Crippen molar-refractivity contribution >= 4 is 0 Å². The summed E-state index contributed by atoms with van der Waals surface area (Å²) >= 11 is 0. The molecule has 66 valence electrons. The zero-order valence-electron chi connectivity index (χ0n) is 8.39. The third kappa shape index (κ3) is 8.71. The maximum atomic E-state index is 8.42. The number of rotatable bonds is 2. The van der Waals surface area contributed by atoms with Crippen LogP contribution in [0, 0.1) is 11.3 Å². The second kappa shape index (κ2) is 9.71. The highest BCUT2D eigenvalue weighted by Gasteiger charge is 1.81. The average Bonchev–Trinajstić information content (AvgIpc) is 2.09. The zero-order chi connectivity index (χ0) is 9.98. The molecule has 1 heteroatoms. The lowest BCUT2D eigenvalue weighted by molar-refractivity contribution is 1.39. The van der Waals surface area contributed by atoms with E-state index in [1.165, 1.54) is 5.57 Å². The van der Waals surface area contributed by atoms with E-state index in [2.05, 4.69) is 6.58 Å². The molecule has 0 rings (SSSR count). The third-order valence-electron chi connectivity index (χ3n) is 0.945. The first-order valence-corrected chi connectivity index (χ1v) is 4.08. The molecule has 12 heavy (non-hydrogen) atoms. The number of allylic oxidation sites excluding steroid dienone is 5. The Hall–Kier alpha value is -1.29. The Labute approximate surface area is 75.7 Å². The molecule has 0 unspecified atom stereocenters. The Morgan fingerprint density at radius 3 is 2.00 bits per heavy atom. The van der Waals surface area contributed by atoms with Crippen LogP contribution in [0.2, 0.25) is 0 Å². The maximum Gasteiger partial charge on any atom is 0.0991 e. The number of nitriles is 1. The lowest BCUT2D eigenvalue weighted by atomic mass is 10.2. The maximum absolute atomic E-state index is 8.42. The van der Waals surface area contributed by atoms with Crippen LogP contribution in [0.4, 0.5) is 0 Å². The third-order valence-corrected chi connectivity index (χ3v) is 0.945. The molecule has 0 atom stereocenters. The summed E-state index contributed by atoms with van der Waals surface area (Å²) in [5, 5.41) is 8.42. The molecule has 1 nitrogen and oxygen atoms in total. The molecule has 0 bridgehead atoms. The molecule has 0 N–H and O–H groups in total. The Balaban J connectivity index is 0. The van der Waals surface area contributed by atoms with Crippen LogP contribution in [0.3, 0.4) is 0 Å². The Kier molecular flexibility index (Phi) is 10.8. The van der Waals surface area contributed by atoms with Crippen molar-refractivity contribution < 1.29 is 0 Å². The fourth-order valence-electron chi connectivity index (χ4n) is 0.407. The van der Waals surface area contributed by atoms with Gasteiger partial charge in [-0.1, -0.05) is 38.2 Å². The highest BCUT2D eigenvalue weighted by molar-refractivity contribution is 5.35. The minimum atomic E-state index is 0.598. The van der Waals surface area contributed by atoms with Crippen LogP contribution in [0.25, 0.3) is 0 Å². The van der Waals surface area contributed by atoms with E-state index < -0.39 is 0 Å². The summed E-state index contributed by atoms with van der Waals surface area (Å²) < 4.78 is 0. The monoisotopic (exact) mass is 163 g/mol. The summed E-state index contributed by atoms with van der Waals surface area (Å²) in [4.78, 5) is 0. The van der Waals surface area contributed by atoms with Crippen LogP contribution in [-0.2, 0) is 0 Å². The molecule has 0 heterocycles. The minimum absolute atomic E-state index is 0.598. The van der Waals surface area contributed by atoms with E-state index in [1.54, 1.807) is 12.2 Å². The molecule has 0 amide bonds. The van der Waals surface area contributed by atoms with Gasteiger partial charge >= 0.3 is 0 Å². The van der Waals surface area contributed by atoms with Crippen molar-refractivity contribution in [3.63, 3.8) is 0 Å². The lowest BCUT2D eigenvalue weighted by Crippen LogP contribution is -1.68. The second-order valence-electron chi connectivity index (χ2n) is 2.18. The first-order valence-electron chi connectivity index (χ1n) is 4.08. The fraction of sp³-hybridized carbons (Fsp3) is 0.364. The van der Waals surface area contributed by atoms with Gasteiger partial charge in [-0.05, 0) is 19.9 Å². The highest BCUT2D eigenvalue weighted by atomic mass is 14.2. The first kappa shape index (κ1) is 13.3. The molecular weight excluding hydrogens is 146 g/mol. The van der Waals surface area contributed by atoms with Gasteiger partial charge in [-0.3, -0.25) is 0 Å². The number of hydrogen-bond acceptors (Lipinski definition) is 1. The topological polar surface area (TPSA) is 23.8 Å². The van der Waals surface area contributed by atoms with Gasteiger partial charge in [0, 0.05) is 0 Å². The summed E-state index contributed by atoms with van der Waals surface area (Å²) in [6.07, 6.45) is 5.18. The normalized spacial score (nSPS) is 8.75. The van der Waals surface area contributed by atoms with Gasteiger partial charge in [0.2, 0.25) is 0 Å². The quantitative estimate of drug-likeness (QED) is 0.450. The molecule has 0 spiro atoms. The molecule has 0 aromatic carbocycles. The van der Waals surface area contributed by atoms with Crippen molar-refractivity contribution in [2.24, 2.45) is 0 Å². The molecule has 0 aliphatic carbocycles. The fourth-order valence-corrected chi connectivity index (χ4v) is 0.407. The van der Waals surface area contributed by atoms with Crippen molar-refractivity contribution in [3.8, 4) is 6.07 Å². The molecule has 0 aliphatic rings. The van der Waals surface area contributed by atoms with Gasteiger partial charge in [0.1, 0.15) is 0 Å².